The SMILES string of the molecule is Cc1ccc(N2C(=O)SCC2(O)NS(=O)(=O)c2ccccc2)cc1. The molecule has 1 heterocycles. The number of nitrogens with one attached hydrogen (secondary N) is 1. The van der Waals surface area contributed by atoms with Crippen molar-refractivity contribution in [3.8, 4) is 0 Å². The molecule has 0 spiro atoms. The molecule has 126 valence electrons. The molecule has 8 heteroatoms. The van der Waals surface area contributed by atoms with E-state index in [0.717, 1.165) is 22.2 Å². The summed E-state index contributed by atoms with van der Waals surface area (Å²) in [5, 5.41) is 10.4. The Morgan fingerprint density at radius 3 is 2.38 bits per heavy atom. The summed E-state index contributed by atoms with van der Waals surface area (Å²) in [6.07, 6.45) is 0. The monoisotopic (exact) mass is 364 g/mol. The number of carbonyl (C=O) groups is 1. The number of thioether (sulfide) groups is 1. The second-order valence-corrected chi connectivity index (χ2v) is 8.07. The molecule has 24 heavy (non-hydrogen) atoms. The highest BCUT2D eigenvalue weighted by molar-refractivity contribution is 8.14. The largest absolute Gasteiger partial charge is 0.357 e. The number of aryl methyl sites for hydroxylation is 1. The van der Waals surface area contributed by atoms with Gasteiger partial charge in [0.25, 0.3) is 5.24 Å². The third-order valence-corrected chi connectivity index (χ3v) is 6.06. The zero-order valence-corrected chi connectivity index (χ0v) is 14.5. The molecule has 2 N–H and O–H groups in total. The van der Waals surface area contributed by atoms with Crippen LogP contribution in [0.3, 0.4) is 0 Å². The molecule has 3 rings (SSSR count). The van der Waals surface area contributed by atoms with E-state index < -0.39 is 21.1 Å². The molecule has 1 aliphatic heterocycles. The molecule has 1 amide bonds. The van der Waals surface area contributed by atoms with Gasteiger partial charge in [-0.3, -0.25) is 9.69 Å². The van der Waals surface area contributed by atoms with Crippen LogP contribution in [-0.4, -0.2) is 30.4 Å². The van der Waals surface area contributed by atoms with Crippen LogP contribution in [-0.2, 0) is 10.0 Å². The molecule has 1 unspecified atom stereocenters. The van der Waals surface area contributed by atoms with Crippen molar-refractivity contribution >= 4 is 32.7 Å². The van der Waals surface area contributed by atoms with Crippen LogP contribution in [0.5, 0.6) is 0 Å². The maximum atomic E-state index is 12.5. The second kappa shape index (κ2) is 6.21. The number of nitrogens with zero attached hydrogens (tertiary/aromatic N) is 1. The predicted molar refractivity (Wildman–Crippen MR) is 93.2 cm³/mol. The summed E-state index contributed by atoms with van der Waals surface area (Å²) in [6.45, 7) is 1.90. The maximum Gasteiger partial charge on any atom is 0.289 e. The Kier molecular flexibility index (Phi) is 4.39. The second-order valence-electron chi connectivity index (χ2n) is 5.46. The summed E-state index contributed by atoms with van der Waals surface area (Å²) in [6, 6.07) is 14.6. The van der Waals surface area contributed by atoms with Crippen molar-refractivity contribution in [1.82, 2.24) is 4.72 Å². The van der Waals surface area contributed by atoms with Gasteiger partial charge in [-0.25, -0.2) is 8.42 Å². The number of rotatable bonds is 4. The van der Waals surface area contributed by atoms with Crippen molar-refractivity contribution in [2.24, 2.45) is 0 Å². The minimum absolute atomic E-state index is 0.0200. The lowest BCUT2D eigenvalue weighted by Gasteiger charge is -2.32. The fourth-order valence-corrected chi connectivity index (χ4v) is 4.63. The van der Waals surface area contributed by atoms with E-state index in [-0.39, 0.29) is 10.6 Å². The highest BCUT2D eigenvalue weighted by Crippen LogP contribution is 2.35. The lowest BCUT2D eigenvalue weighted by atomic mass is 10.2. The highest BCUT2D eigenvalue weighted by atomic mass is 32.2. The molecular formula is C16H16N2O4S2. The predicted octanol–water partition coefficient (Wildman–Crippen LogP) is 2.29. The Morgan fingerprint density at radius 2 is 1.75 bits per heavy atom. The summed E-state index contributed by atoms with van der Waals surface area (Å²) >= 11 is 0.857. The van der Waals surface area contributed by atoms with Gasteiger partial charge in [-0.15, -0.1) is 0 Å². The zero-order valence-electron chi connectivity index (χ0n) is 12.8. The minimum atomic E-state index is -3.98. The van der Waals surface area contributed by atoms with Gasteiger partial charge >= 0.3 is 0 Å². The summed E-state index contributed by atoms with van der Waals surface area (Å²) in [5.74, 6) is -2.13. The Labute approximate surface area is 144 Å². The molecule has 0 bridgehead atoms. The number of benzene rings is 2. The smallest absolute Gasteiger partial charge is 0.289 e. The molecule has 2 aromatic rings. The van der Waals surface area contributed by atoms with Crippen LogP contribution in [0.4, 0.5) is 10.5 Å². The summed E-state index contributed by atoms with van der Waals surface area (Å²) in [5.41, 5.74) is 1.42. The third-order valence-electron chi connectivity index (χ3n) is 3.59. The van der Waals surface area contributed by atoms with Crippen molar-refractivity contribution in [2.45, 2.75) is 17.7 Å². The number of hydrogen-bond acceptors (Lipinski definition) is 5. The van der Waals surface area contributed by atoms with Crippen LogP contribution in [0.25, 0.3) is 0 Å². The van der Waals surface area contributed by atoms with Crippen molar-refractivity contribution in [3.63, 3.8) is 0 Å². The number of sulfonamides is 1. The molecule has 0 saturated carbocycles. The lowest BCUT2D eigenvalue weighted by molar-refractivity contribution is 0.0635. The number of carbonyl (C=O) groups excluding carboxylic acids is 1. The number of anilines is 1. The minimum Gasteiger partial charge on any atom is -0.357 e. The topological polar surface area (TPSA) is 86.7 Å². The van der Waals surface area contributed by atoms with Gasteiger partial charge in [0.15, 0.2) is 0 Å². The number of aliphatic hydroxyl groups is 1. The highest BCUT2D eigenvalue weighted by Gasteiger charge is 2.48. The van der Waals surface area contributed by atoms with Gasteiger partial charge in [-0.2, -0.15) is 4.72 Å². The van der Waals surface area contributed by atoms with E-state index in [4.69, 9.17) is 0 Å². The van der Waals surface area contributed by atoms with Gasteiger partial charge in [0.2, 0.25) is 15.9 Å². The van der Waals surface area contributed by atoms with Crippen molar-refractivity contribution < 1.29 is 18.3 Å². The van der Waals surface area contributed by atoms with E-state index in [1.54, 1.807) is 42.5 Å². The first-order valence-electron chi connectivity index (χ1n) is 7.17. The quantitative estimate of drug-likeness (QED) is 0.813. The Hall–Kier alpha value is -1.87. The molecule has 6 nitrogen and oxygen atoms in total. The van der Waals surface area contributed by atoms with E-state index >= 15 is 0 Å². The number of amides is 1. The normalized spacial score (nSPS) is 21.2. The molecule has 0 aliphatic carbocycles. The molecule has 0 radical (unpaired) electrons. The van der Waals surface area contributed by atoms with Crippen molar-refractivity contribution in [3.05, 3.63) is 60.2 Å². The Bertz CT molecular complexity index is 853. The van der Waals surface area contributed by atoms with Gasteiger partial charge in [-0.1, -0.05) is 47.7 Å². The van der Waals surface area contributed by atoms with Crippen LogP contribution in [0, 0.1) is 6.92 Å². The molecule has 1 aliphatic rings. The Balaban J connectivity index is 1.96. The third kappa shape index (κ3) is 3.18. The molecule has 1 saturated heterocycles. The average Bonchev–Trinajstić information content (AvgIpc) is 2.83. The lowest BCUT2D eigenvalue weighted by Crippen LogP contribution is -2.60. The summed E-state index contributed by atoms with van der Waals surface area (Å²) < 4.78 is 27.3. The van der Waals surface area contributed by atoms with E-state index in [9.17, 15) is 18.3 Å². The summed E-state index contributed by atoms with van der Waals surface area (Å²) in [7, 11) is -3.98. The van der Waals surface area contributed by atoms with E-state index in [0.29, 0.717) is 5.69 Å². The van der Waals surface area contributed by atoms with Gasteiger partial charge in [0, 0.05) is 5.69 Å². The fourth-order valence-electron chi connectivity index (χ4n) is 2.40. The molecule has 1 fully saturated rings. The number of hydrogen-bond donors (Lipinski definition) is 2. The van der Waals surface area contributed by atoms with Crippen LogP contribution < -0.4 is 9.62 Å². The Morgan fingerprint density at radius 1 is 1.12 bits per heavy atom. The molecule has 1 atom stereocenters. The van der Waals surface area contributed by atoms with Gasteiger partial charge in [0.05, 0.1) is 10.6 Å². The first kappa shape index (κ1) is 17.0. The molecule has 0 aromatic heterocycles. The van der Waals surface area contributed by atoms with E-state index in [1.165, 1.54) is 12.1 Å². The molecule has 2 aromatic carbocycles. The van der Waals surface area contributed by atoms with Crippen LogP contribution in [0.15, 0.2) is 59.5 Å². The van der Waals surface area contributed by atoms with Gasteiger partial charge in [0.1, 0.15) is 0 Å². The average molecular weight is 364 g/mol. The summed E-state index contributed by atoms with van der Waals surface area (Å²) in [4.78, 5) is 13.3. The van der Waals surface area contributed by atoms with E-state index in [1.807, 2.05) is 6.92 Å². The van der Waals surface area contributed by atoms with Gasteiger partial charge < -0.3 is 5.11 Å². The van der Waals surface area contributed by atoms with Gasteiger partial charge in [-0.05, 0) is 31.2 Å². The van der Waals surface area contributed by atoms with E-state index in [2.05, 4.69) is 4.72 Å². The fraction of sp³-hybridized carbons (Fsp3) is 0.188. The maximum absolute atomic E-state index is 12.5. The zero-order chi connectivity index (χ0) is 17.4. The standard InChI is InChI=1S/C16H16N2O4S2/c1-12-7-9-13(10-8-12)18-15(19)23-11-16(18,20)17-24(21,22)14-5-3-2-4-6-14/h2-10,17,20H,11H2,1H3. The van der Waals surface area contributed by atoms with Crippen LogP contribution in [0.1, 0.15) is 5.56 Å². The van der Waals surface area contributed by atoms with Crippen LogP contribution in [0.2, 0.25) is 0 Å². The van der Waals surface area contributed by atoms with Crippen molar-refractivity contribution in [2.75, 3.05) is 10.7 Å². The van der Waals surface area contributed by atoms with Crippen LogP contribution >= 0.6 is 11.8 Å². The first-order chi connectivity index (χ1) is 11.3. The molecular weight excluding hydrogens is 348 g/mol. The first-order valence-corrected chi connectivity index (χ1v) is 9.64. The van der Waals surface area contributed by atoms with Crippen molar-refractivity contribution in [1.29, 1.82) is 0 Å².